The van der Waals surface area contributed by atoms with E-state index in [9.17, 15) is 0 Å². The second-order valence-electron chi connectivity index (χ2n) is 5.77. The van der Waals surface area contributed by atoms with Gasteiger partial charge < -0.3 is 10.5 Å². The number of hydrogen-bond acceptors (Lipinski definition) is 3. The number of pyridine rings is 1. The Morgan fingerprint density at radius 1 is 1.44 bits per heavy atom. The summed E-state index contributed by atoms with van der Waals surface area (Å²) in [5.41, 5.74) is 6.95. The van der Waals surface area contributed by atoms with E-state index >= 15 is 0 Å². The summed E-state index contributed by atoms with van der Waals surface area (Å²) in [7, 11) is 0. The molecule has 4 heteroatoms. The van der Waals surface area contributed by atoms with E-state index in [1.54, 1.807) is 6.20 Å². The highest BCUT2D eigenvalue weighted by Crippen LogP contribution is 2.37. The predicted octanol–water partition coefficient (Wildman–Crippen LogP) is 3.54. The number of ether oxygens (including phenoxy) is 1. The van der Waals surface area contributed by atoms with Crippen molar-refractivity contribution in [3.8, 4) is 5.88 Å². The minimum absolute atomic E-state index is 0.232. The van der Waals surface area contributed by atoms with Gasteiger partial charge in [0.1, 0.15) is 11.1 Å². The zero-order valence-electron chi connectivity index (χ0n) is 11.1. The first kappa shape index (κ1) is 13.6. The molecule has 1 aliphatic rings. The predicted molar refractivity (Wildman–Crippen MR) is 73.8 cm³/mol. The second kappa shape index (κ2) is 5.45. The Labute approximate surface area is 114 Å². The van der Waals surface area contributed by atoms with Gasteiger partial charge in [-0.25, -0.2) is 4.98 Å². The van der Waals surface area contributed by atoms with Gasteiger partial charge in [-0.15, -0.1) is 0 Å². The van der Waals surface area contributed by atoms with E-state index < -0.39 is 0 Å². The SMILES string of the molecule is CC1(C)CCC(Oc2nccc(CN)c2Cl)CC1. The van der Waals surface area contributed by atoms with Crippen LogP contribution in [0.4, 0.5) is 0 Å². The molecule has 0 aromatic carbocycles. The maximum Gasteiger partial charge on any atom is 0.233 e. The Kier molecular flexibility index (Phi) is 4.13. The molecule has 1 aromatic rings. The van der Waals surface area contributed by atoms with E-state index in [0.29, 0.717) is 22.9 Å². The average molecular weight is 269 g/mol. The molecule has 0 radical (unpaired) electrons. The first-order valence-electron chi connectivity index (χ1n) is 6.52. The zero-order valence-corrected chi connectivity index (χ0v) is 11.8. The third kappa shape index (κ3) is 3.15. The fraction of sp³-hybridized carbons (Fsp3) is 0.643. The minimum Gasteiger partial charge on any atom is -0.473 e. The van der Waals surface area contributed by atoms with Gasteiger partial charge in [0.2, 0.25) is 5.88 Å². The summed E-state index contributed by atoms with van der Waals surface area (Å²) in [6.45, 7) is 5.03. The standard InChI is InChI=1S/C14H21ClN2O/c1-14(2)6-3-11(4-7-14)18-13-12(15)10(9-16)5-8-17-13/h5,8,11H,3-4,6-7,9,16H2,1-2H3. The maximum absolute atomic E-state index is 6.22. The van der Waals surface area contributed by atoms with Crippen molar-refractivity contribution in [1.29, 1.82) is 0 Å². The highest BCUT2D eigenvalue weighted by molar-refractivity contribution is 6.32. The van der Waals surface area contributed by atoms with E-state index in [2.05, 4.69) is 18.8 Å². The van der Waals surface area contributed by atoms with Crippen LogP contribution in [-0.4, -0.2) is 11.1 Å². The van der Waals surface area contributed by atoms with Crippen LogP contribution < -0.4 is 10.5 Å². The summed E-state index contributed by atoms with van der Waals surface area (Å²) in [6.07, 6.45) is 6.44. The number of halogens is 1. The van der Waals surface area contributed by atoms with Crippen molar-refractivity contribution in [1.82, 2.24) is 4.98 Å². The summed E-state index contributed by atoms with van der Waals surface area (Å²) in [6, 6.07) is 1.83. The molecule has 0 amide bonds. The molecule has 1 saturated carbocycles. The van der Waals surface area contributed by atoms with Crippen LogP contribution in [0.3, 0.4) is 0 Å². The molecule has 18 heavy (non-hydrogen) atoms. The van der Waals surface area contributed by atoms with Gasteiger partial charge >= 0.3 is 0 Å². The fourth-order valence-corrected chi connectivity index (χ4v) is 2.58. The minimum atomic E-state index is 0.232. The van der Waals surface area contributed by atoms with E-state index in [-0.39, 0.29) is 6.10 Å². The summed E-state index contributed by atoms with van der Waals surface area (Å²) in [5.74, 6) is 0.532. The summed E-state index contributed by atoms with van der Waals surface area (Å²) >= 11 is 6.22. The van der Waals surface area contributed by atoms with Crippen LogP contribution in [0.5, 0.6) is 5.88 Å². The Hall–Kier alpha value is -0.800. The molecule has 0 aliphatic heterocycles. The molecule has 1 heterocycles. The Balaban J connectivity index is 2.02. The van der Waals surface area contributed by atoms with E-state index in [1.807, 2.05) is 6.07 Å². The largest absolute Gasteiger partial charge is 0.473 e. The Bertz CT molecular complexity index is 410. The van der Waals surface area contributed by atoms with E-state index in [1.165, 1.54) is 12.8 Å². The molecule has 2 N–H and O–H groups in total. The van der Waals surface area contributed by atoms with Crippen LogP contribution in [0.1, 0.15) is 45.1 Å². The molecule has 0 spiro atoms. The monoisotopic (exact) mass is 268 g/mol. The van der Waals surface area contributed by atoms with Gasteiger partial charge in [-0.05, 0) is 42.7 Å². The summed E-state index contributed by atoms with van der Waals surface area (Å²) < 4.78 is 5.92. The summed E-state index contributed by atoms with van der Waals surface area (Å²) in [4.78, 5) is 4.21. The Morgan fingerprint density at radius 2 is 2.11 bits per heavy atom. The van der Waals surface area contributed by atoms with Crippen molar-refractivity contribution >= 4 is 11.6 Å². The topological polar surface area (TPSA) is 48.1 Å². The summed E-state index contributed by atoms with van der Waals surface area (Å²) in [5, 5.41) is 0.560. The quantitative estimate of drug-likeness (QED) is 0.912. The van der Waals surface area contributed by atoms with Gasteiger partial charge in [-0.2, -0.15) is 0 Å². The van der Waals surface area contributed by atoms with Crippen molar-refractivity contribution in [2.45, 2.75) is 52.2 Å². The number of rotatable bonds is 3. The molecular weight excluding hydrogens is 248 g/mol. The van der Waals surface area contributed by atoms with Gasteiger partial charge in [0.15, 0.2) is 0 Å². The zero-order chi connectivity index (χ0) is 13.2. The lowest BCUT2D eigenvalue weighted by atomic mass is 9.76. The van der Waals surface area contributed by atoms with Gasteiger partial charge in [-0.1, -0.05) is 25.4 Å². The molecule has 2 rings (SSSR count). The lowest BCUT2D eigenvalue weighted by molar-refractivity contribution is 0.0949. The molecule has 3 nitrogen and oxygen atoms in total. The molecule has 0 unspecified atom stereocenters. The first-order chi connectivity index (χ1) is 8.52. The van der Waals surface area contributed by atoms with Crippen LogP contribution in [-0.2, 0) is 6.54 Å². The molecule has 1 fully saturated rings. The van der Waals surface area contributed by atoms with Crippen LogP contribution >= 0.6 is 11.6 Å². The number of nitrogens with two attached hydrogens (primary N) is 1. The van der Waals surface area contributed by atoms with Crippen molar-refractivity contribution in [2.24, 2.45) is 11.1 Å². The normalized spacial score (nSPS) is 19.8. The van der Waals surface area contributed by atoms with Crippen molar-refractivity contribution in [3.63, 3.8) is 0 Å². The van der Waals surface area contributed by atoms with E-state index in [0.717, 1.165) is 18.4 Å². The highest BCUT2D eigenvalue weighted by Gasteiger charge is 2.28. The second-order valence-corrected chi connectivity index (χ2v) is 6.15. The first-order valence-corrected chi connectivity index (χ1v) is 6.90. The molecule has 1 aliphatic carbocycles. The van der Waals surface area contributed by atoms with Crippen LogP contribution in [0, 0.1) is 5.41 Å². The molecule has 0 saturated heterocycles. The Morgan fingerprint density at radius 3 is 2.72 bits per heavy atom. The average Bonchev–Trinajstić information content (AvgIpc) is 2.34. The fourth-order valence-electron chi connectivity index (χ4n) is 2.35. The van der Waals surface area contributed by atoms with Gasteiger partial charge in [0.05, 0.1) is 0 Å². The smallest absolute Gasteiger partial charge is 0.233 e. The molecule has 0 atom stereocenters. The molecule has 0 bridgehead atoms. The van der Waals surface area contributed by atoms with Gasteiger partial charge in [0.25, 0.3) is 0 Å². The third-order valence-electron chi connectivity index (χ3n) is 3.72. The maximum atomic E-state index is 6.22. The van der Waals surface area contributed by atoms with E-state index in [4.69, 9.17) is 22.1 Å². The number of hydrogen-bond donors (Lipinski definition) is 1. The molecular formula is C14H21ClN2O. The number of aromatic nitrogens is 1. The third-order valence-corrected chi connectivity index (χ3v) is 4.13. The van der Waals surface area contributed by atoms with Crippen molar-refractivity contribution in [3.05, 3.63) is 22.8 Å². The van der Waals surface area contributed by atoms with Crippen LogP contribution in [0.25, 0.3) is 0 Å². The van der Waals surface area contributed by atoms with Gasteiger partial charge in [-0.3, -0.25) is 0 Å². The lowest BCUT2D eigenvalue weighted by Crippen LogP contribution is -2.28. The molecule has 1 aromatic heterocycles. The van der Waals surface area contributed by atoms with Crippen LogP contribution in [0.2, 0.25) is 5.02 Å². The van der Waals surface area contributed by atoms with Gasteiger partial charge in [0, 0.05) is 12.7 Å². The van der Waals surface area contributed by atoms with Crippen LogP contribution in [0.15, 0.2) is 12.3 Å². The lowest BCUT2D eigenvalue weighted by Gasteiger charge is -2.34. The highest BCUT2D eigenvalue weighted by atomic mass is 35.5. The van der Waals surface area contributed by atoms with Crippen molar-refractivity contribution < 1.29 is 4.74 Å². The number of nitrogens with zero attached hydrogens (tertiary/aromatic N) is 1. The molecule has 100 valence electrons. The van der Waals surface area contributed by atoms with Crippen molar-refractivity contribution in [2.75, 3.05) is 0 Å².